The van der Waals surface area contributed by atoms with Crippen LogP contribution in [0.15, 0.2) is 30.5 Å². The number of hydrogen-bond acceptors (Lipinski definition) is 8. The van der Waals surface area contributed by atoms with Crippen molar-refractivity contribution in [3.63, 3.8) is 0 Å². The van der Waals surface area contributed by atoms with E-state index in [1.807, 2.05) is 6.07 Å². The lowest BCUT2D eigenvalue weighted by Crippen LogP contribution is -2.39. The summed E-state index contributed by atoms with van der Waals surface area (Å²) in [4.78, 5) is 13.9. The van der Waals surface area contributed by atoms with Crippen LogP contribution in [0.2, 0.25) is 0 Å². The van der Waals surface area contributed by atoms with Gasteiger partial charge in [-0.05, 0) is 63.1 Å². The lowest BCUT2D eigenvalue weighted by atomic mass is 9.92. The number of aliphatic hydroxyl groups is 1. The Morgan fingerprint density at radius 2 is 1.68 bits per heavy atom. The zero-order valence-electron chi connectivity index (χ0n) is 19.7. The zero-order valence-corrected chi connectivity index (χ0v) is 20.5. The molecule has 1 saturated heterocycles. The fourth-order valence-electron chi connectivity index (χ4n) is 5.47. The number of piperidine rings is 1. The van der Waals surface area contributed by atoms with Gasteiger partial charge in [-0.2, -0.15) is 4.98 Å². The van der Waals surface area contributed by atoms with Crippen LogP contribution in [0.3, 0.4) is 0 Å². The third kappa shape index (κ3) is 5.29. The van der Waals surface area contributed by atoms with Gasteiger partial charge >= 0.3 is 0 Å². The van der Waals surface area contributed by atoms with Crippen molar-refractivity contribution in [1.82, 2.24) is 14.7 Å². The Morgan fingerprint density at radius 1 is 0.971 bits per heavy atom. The number of nitrogens with zero attached hydrogens (tertiary/aromatic N) is 4. The average molecular weight is 487 g/mol. The summed E-state index contributed by atoms with van der Waals surface area (Å²) in [5, 5.41) is 13.3. The summed E-state index contributed by atoms with van der Waals surface area (Å²) >= 11 is 0. The number of benzene rings is 1. The fourth-order valence-corrected chi connectivity index (χ4v) is 6.31. The van der Waals surface area contributed by atoms with E-state index in [0.29, 0.717) is 5.95 Å². The topological polar surface area (TPSA) is 111 Å². The molecular weight excluding hydrogens is 452 g/mol. The van der Waals surface area contributed by atoms with E-state index in [1.54, 1.807) is 6.20 Å². The van der Waals surface area contributed by atoms with Gasteiger partial charge in [-0.3, -0.25) is 0 Å². The van der Waals surface area contributed by atoms with E-state index in [0.717, 1.165) is 70.4 Å². The molecule has 5 rings (SSSR count). The molecule has 34 heavy (non-hydrogen) atoms. The molecule has 1 saturated carbocycles. The van der Waals surface area contributed by atoms with Gasteiger partial charge in [0.15, 0.2) is 0 Å². The number of rotatable bonds is 6. The van der Waals surface area contributed by atoms with Crippen molar-refractivity contribution in [1.29, 1.82) is 0 Å². The Balaban J connectivity index is 1.26. The van der Waals surface area contributed by atoms with Gasteiger partial charge in [0.2, 0.25) is 16.0 Å². The summed E-state index contributed by atoms with van der Waals surface area (Å²) < 4.78 is 25.7. The summed E-state index contributed by atoms with van der Waals surface area (Å²) in [6, 6.07) is 8.68. The Morgan fingerprint density at radius 3 is 2.41 bits per heavy atom. The number of fused-ring (bicyclic) bond motifs is 1. The van der Waals surface area contributed by atoms with Gasteiger partial charge in [-0.1, -0.05) is 6.07 Å². The Bertz CT molecular complexity index is 1110. The quantitative estimate of drug-likeness (QED) is 0.571. The lowest BCUT2D eigenvalue weighted by Gasteiger charge is -2.33. The first-order chi connectivity index (χ1) is 16.4. The molecule has 0 radical (unpaired) electrons. The molecule has 0 spiro atoms. The predicted octanol–water partition coefficient (Wildman–Crippen LogP) is 2.40. The molecule has 3 N–H and O–H groups in total. The van der Waals surface area contributed by atoms with Crippen LogP contribution in [0.5, 0.6) is 0 Å². The van der Waals surface area contributed by atoms with Crippen LogP contribution in [0.4, 0.5) is 23.1 Å². The van der Waals surface area contributed by atoms with Crippen molar-refractivity contribution in [2.24, 2.45) is 0 Å². The first kappa shape index (κ1) is 23.3. The number of aromatic nitrogens is 2. The highest BCUT2D eigenvalue weighted by Crippen LogP contribution is 2.40. The first-order valence-corrected chi connectivity index (χ1v) is 14.1. The molecule has 10 heteroatoms. The Hall–Kier alpha value is -2.43. The highest BCUT2D eigenvalue weighted by Gasteiger charge is 2.28. The summed E-state index contributed by atoms with van der Waals surface area (Å²) in [5.41, 5.74) is 3.82. The second-order valence-corrected chi connectivity index (χ2v) is 11.5. The van der Waals surface area contributed by atoms with Gasteiger partial charge in [-0.25, -0.2) is 18.1 Å². The highest BCUT2D eigenvalue weighted by atomic mass is 32.2. The highest BCUT2D eigenvalue weighted by molar-refractivity contribution is 7.88. The van der Waals surface area contributed by atoms with E-state index in [9.17, 15) is 13.5 Å². The van der Waals surface area contributed by atoms with Crippen LogP contribution in [0, 0.1) is 0 Å². The molecular formula is C24H34N6O3S. The molecule has 2 aromatic rings. The number of anilines is 4. The molecule has 0 unspecified atom stereocenters. The van der Waals surface area contributed by atoms with Crippen LogP contribution < -0.4 is 19.8 Å². The molecule has 3 heterocycles. The minimum atomic E-state index is -3.17. The van der Waals surface area contributed by atoms with Crippen LogP contribution in [0.1, 0.15) is 44.1 Å². The van der Waals surface area contributed by atoms with Crippen molar-refractivity contribution in [3.05, 3.63) is 36.0 Å². The van der Waals surface area contributed by atoms with Gasteiger partial charge in [0.1, 0.15) is 5.82 Å². The van der Waals surface area contributed by atoms with Crippen molar-refractivity contribution >= 4 is 33.2 Å². The second-order valence-electron chi connectivity index (χ2n) is 9.72. The fraction of sp³-hybridized carbons (Fsp3) is 0.583. The number of nitrogens with one attached hydrogen (secondary N) is 2. The van der Waals surface area contributed by atoms with E-state index in [1.165, 1.54) is 23.2 Å². The van der Waals surface area contributed by atoms with Gasteiger partial charge in [0.25, 0.3) is 0 Å². The Labute approximate surface area is 201 Å². The maximum atomic E-state index is 11.5. The molecule has 0 bridgehead atoms. The lowest BCUT2D eigenvalue weighted by molar-refractivity contribution is 0.145. The van der Waals surface area contributed by atoms with Crippen molar-refractivity contribution in [3.8, 4) is 0 Å². The predicted molar refractivity (Wildman–Crippen MR) is 134 cm³/mol. The first-order valence-electron chi connectivity index (χ1n) is 12.2. The number of sulfonamides is 1. The van der Waals surface area contributed by atoms with E-state index >= 15 is 0 Å². The van der Waals surface area contributed by atoms with Crippen LogP contribution in [-0.4, -0.2) is 67.6 Å². The molecule has 0 amide bonds. The Kier molecular flexibility index (Phi) is 6.63. The van der Waals surface area contributed by atoms with Gasteiger partial charge < -0.3 is 20.2 Å². The maximum Gasteiger partial charge on any atom is 0.224 e. The third-order valence-corrected chi connectivity index (χ3v) is 7.93. The summed E-state index contributed by atoms with van der Waals surface area (Å²) in [7, 11) is -3.17. The average Bonchev–Trinajstić information content (AvgIpc) is 3.25. The van der Waals surface area contributed by atoms with Crippen LogP contribution in [-0.2, 0) is 16.4 Å². The van der Waals surface area contributed by atoms with Gasteiger partial charge in [-0.15, -0.1) is 0 Å². The largest absolute Gasteiger partial charge is 0.393 e. The SMILES string of the molecule is CS(=O)(=O)NC1CCC(Nc2nccc(N3CCc4c(N5CCC(O)CC5)cccc43)n2)CC1. The van der Waals surface area contributed by atoms with Crippen LogP contribution >= 0.6 is 0 Å². The van der Waals surface area contributed by atoms with Gasteiger partial charge in [0.05, 0.1) is 12.4 Å². The summed E-state index contributed by atoms with van der Waals surface area (Å²) in [6.45, 7) is 2.66. The zero-order chi connectivity index (χ0) is 23.7. The molecule has 2 aliphatic heterocycles. The van der Waals surface area contributed by atoms with Crippen LogP contribution in [0.25, 0.3) is 0 Å². The van der Waals surface area contributed by atoms with Gasteiger partial charge in [0, 0.05) is 54.9 Å². The molecule has 1 aliphatic carbocycles. The third-order valence-electron chi connectivity index (χ3n) is 7.17. The maximum absolute atomic E-state index is 11.5. The summed E-state index contributed by atoms with van der Waals surface area (Å²) in [6.07, 6.45) is 8.81. The van der Waals surface area contributed by atoms with E-state index < -0.39 is 10.0 Å². The molecule has 184 valence electrons. The van der Waals surface area contributed by atoms with E-state index in [2.05, 4.69) is 43.0 Å². The van der Waals surface area contributed by atoms with E-state index in [-0.39, 0.29) is 18.2 Å². The smallest absolute Gasteiger partial charge is 0.224 e. The molecule has 0 atom stereocenters. The number of aliphatic hydroxyl groups excluding tert-OH is 1. The number of hydrogen-bond donors (Lipinski definition) is 3. The molecule has 1 aromatic heterocycles. The normalized spacial score (nSPS) is 23.7. The minimum Gasteiger partial charge on any atom is -0.393 e. The molecule has 1 aromatic carbocycles. The van der Waals surface area contributed by atoms with E-state index in [4.69, 9.17) is 4.98 Å². The molecule has 3 aliphatic rings. The van der Waals surface area contributed by atoms with Crippen molar-refractivity contribution < 1.29 is 13.5 Å². The summed E-state index contributed by atoms with van der Waals surface area (Å²) in [5.74, 6) is 1.50. The van der Waals surface area contributed by atoms with Crippen molar-refractivity contribution in [2.75, 3.05) is 41.0 Å². The molecule has 9 nitrogen and oxygen atoms in total. The molecule has 2 fully saturated rings. The second kappa shape index (κ2) is 9.67. The standard InChI is InChI=1S/C24H34N6O3S/c1-34(32,33)28-18-7-5-17(6-8-18)26-24-25-13-9-23(27-24)30-16-12-20-21(3-2-4-22(20)30)29-14-10-19(31)11-15-29/h2-4,9,13,17-19,28,31H,5-8,10-12,14-16H2,1H3,(H,25,26,27). The van der Waals surface area contributed by atoms with Crippen molar-refractivity contribution in [2.45, 2.75) is 63.1 Å². The monoisotopic (exact) mass is 486 g/mol. The minimum absolute atomic E-state index is 0.0127.